The first kappa shape index (κ1) is 12.6. The molecule has 0 radical (unpaired) electrons. The molecule has 4 heteroatoms. The summed E-state index contributed by atoms with van der Waals surface area (Å²) in [6, 6.07) is 3.81. The van der Waals surface area contributed by atoms with Gasteiger partial charge in [0.15, 0.2) is 0 Å². The van der Waals surface area contributed by atoms with E-state index in [1.54, 1.807) is 12.4 Å². The van der Waals surface area contributed by atoms with Crippen molar-refractivity contribution < 1.29 is 4.79 Å². The second-order valence-electron chi connectivity index (χ2n) is 3.77. The van der Waals surface area contributed by atoms with Crippen LogP contribution in [0, 0.1) is 0 Å². The molecule has 0 spiro atoms. The van der Waals surface area contributed by atoms with Crippen LogP contribution in [0.1, 0.15) is 31.2 Å². The van der Waals surface area contributed by atoms with Gasteiger partial charge in [-0.1, -0.05) is 6.92 Å². The first-order valence-corrected chi connectivity index (χ1v) is 5.64. The van der Waals surface area contributed by atoms with Crippen molar-refractivity contribution in [2.24, 2.45) is 5.73 Å². The van der Waals surface area contributed by atoms with Crippen LogP contribution >= 0.6 is 0 Å². The highest BCUT2D eigenvalue weighted by Crippen LogP contribution is 2.17. The normalized spacial score (nSPS) is 12.1. The van der Waals surface area contributed by atoms with Gasteiger partial charge in [-0.3, -0.25) is 9.78 Å². The van der Waals surface area contributed by atoms with E-state index in [2.05, 4.69) is 10.3 Å². The van der Waals surface area contributed by atoms with Crippen LogP contribution in [-0.4, -0.2) is 24.0 Å². The minimum atomic E-state index is 0.0640. The van der Waals surface area contributed by atoms with Crippen molar-refractivity contribution in [1.29, 1.82) is 0 Å². The maximum atomic E-state index is 11.6. The zero-order valence-corrected chi connectivity index (χ0v) is 9.65. The number of pyridine rings is 1. The number of nitrogens with one attached hydrogen (secondary N) is 1. The lowest BCUT2D eigenvalue weighted by molar-refractivity contribution is -0.121. The quantitative estimate of drug-likeness (QED) is 0.754. The van der Waals surface area contributed by atoms with Crippen LogP contribution in [0.3, 0.4) is 0 Å². The molecule has 1 atom stereocenters. The monoisotopic (exact) mass is 221 g/mol. The fraction of sp³-hybridized carbons (Fsp3) is 0.500. The zero-order valence-electron chi connectivity index (χ0n) is 9.65. The molecule has 4 nitrogen and oxygen atoms in total. The molecule has 1 amide bonds. The molecule has 0 aliphatic rings. The Bertz CT molecular complexity index is 313. The van der Waals surface area contributed by atoms with Gasteiger partial charge in [0.25, 0.3) is 0 Å². The van der Waals surface area contributed by atoms with E-state index in [1.807, 2.05) is 19.1 Å². The van der Waals surface area contributed by atoms with E-state index in [1.165, 1.54) is 0 Å². The summed E-state index contributed by atoms with van der Waals surface area (Å²) in [6.45, 7) is 3.24. The van der Waals surface area contributed by atoms with E-state index in [4.69, 9.17) is 5.73 Å². The van der Waals surface area contributed by atoms with Gasteiger partial charge >= 0.3 is 0 Å². The highest BCUT2D eigenvalue weighted by molar-refractivity contribution is 5.76. The second-order valence-corrected chi connectivity index (χ2v) is 3.77. The van der Waals surface area contributed by atoms with Gasteiger partial charge in [0.1, 0.15) is 0 Å². The van der Waals surface area contributed by atoms with Gasteiger partial charge < -0.3 is 11.1 Å². The Hall–Kier alpha value is -1.42. The molecule has 0 aliphatic heterocycles. The van der Waals surface area contributed by atoms with Crippen molar-refractivity contribution in [2.45, 2.75) is 25.7 Å². The summed E-state index contributed by atoms with van der Waals surface area (Å²) in [4.78, 5) is 15.5. The third kappa shape index (κ3) is 3.98. The van der Waals surface area contributed by atoms with Crippen molar-refractivity contribution in [1.82, 2.24) is 10.3 Å². The van der Waals surface area contributed by atoms with Gasteiger partial charge in [-0.25, -0.2) is 0 Å². The number of amides is 1. The lowest BCUT2D eigenvalue weighted by Gasteiger charge is -2.14. The molecule has 1 unspecified atom stereocenters. The van der Waals surface area contributed by atoms with E-state index in [-0.39, 0.29) is 11.8 Å². The summed E-state index contributed by atoms with van der Waals surface area (Å²) >= 11 is 0. The van der Waals surface area contributed by atoms with Crippen LogP contribution in [0.2, 0.25) is 0 Å². The van der Waals surface area contributed by atoms with Gasteiger partial charge in [0.2, 0.25) is 5.91 Å². The SMILES string of the molecule is CCCNC(=O)CC(CN)c1ccncc1. The molecule has 0 aromatic carbocycles. The Balaban J connectivity index is 2.52. The van der Waals surface area contributed by atoms with E-state index in [9.17, 15) is 4.79 Å². The maximum Gasteiger partial charge on any atom is 0.220 e. The predicted octanol–water partition coefficient (Wildman–Crippen LogP) is 1.04. The molecule has 0 saturated carbocycles. The summed E-state index contributed by atoms with van der Waals surface area (Å²) in [5, 5.41) is 2.86. The number of rotatable bonds is 6. The standard InChI is InChI=1S/C12H19N3O/c1-2-5-15-12(16)8-11(9-13)10-3-6-14-7-4-10/h3-4,6-7,11H,2,5,8-9,13H2,1H3,(H,15,16). The smallest absolute Gasteiger partial charge is 0.220 e. The van der Waals surface area contributed by atoms with Gasteiger partial charge in [-0.2, -0.15) is 0 Å². The van der Waals surface area contributed by atoms with Gasteiger partial charge in [-0.15, -0.1) is 0 Å². The van der Waals surface area contributed by atoms with Crippen LogP contribution < -0.4 is 11.1 Å². The van der Waals surface area contributed by atoms with Crippen molar-refractivity contribution in [3.05, 3.63) is 30.1 Å². The highest BCUT2D eigenvalue weighted by atomic mass is 16.1. The first-order chi connectivity index (χ1) is 7.77. The van der Waals surface area contributed by atoms with Gasteiger partial charge in [-0.05, 0) is 30.7 Å². The Morgan fingerprint density at radius 1 is 1.50 bits per heavy atom. The molecular weight excluding hydrogens is 202 g/mol. The van der Waals surface area contributed by atoms with Crippen LogP contribution in [0.25, 0.3) is 0 Å². The van der Waals surface area contributed by atoms with Crippen LogP contribution in [0.4, 0.5) is 0 Å². The second kappa shape index (κ2) is 6.95. The highest BCUT2D eigenvalue weighted by Gasteiger charge is 2.13. The minimum Gasteiger partial charge on any atom is -0.356 e. The van der Waals surface area contributed by atoms with E-state index in [0.29, 0.717) is 13.0 Å². The van der Waals surface area contributed by atoms with Crippen molar-refractivity contribution in [3.63, 3.8) is 0 Å². The molecule has 1 aromatic rings. The van der Waals surface area contributed by atoms with Gasteiger partial charge in [0.05, 0.1) is 0 Å². The lowest BCUT2D eigenvalue weighted by Crippen LogP contribution is -2.27. The average Bonchev–Trinajstić information content (AvgIpc) is 2.34. The Labute approximate surface area is 96.3 Å². The topological polar surface area (TPSA) is 68.0 Å². The summed E-state index contributed by atoms with van der Waals surface area (Å²) in [5.41, 5.74) is 6.75. The van der Waals surface area contributed by atoms with E-state index < -0.39 is 0 Å². The Morgan fingerprint density at radius 2 is 2.19 bits per heavy atom. The number of hydrogen-bond acceptors (Lipinski definition) is 3. The number of nitrogens with zero attached hydrogens (tertiary/aromatic N) is 1. The molecule has 1 aromatic heterocycles. The van der Waals surface area contributed by atoms with E-state index >= 15 is 0 Å². The van der Waals surface area contributed by atoms with Crippen molar-refractivity contribution in [3.8, 4) is 0 Å². The summed E-state index contributed by atoms with van der Waals surface area (Å²) in [7, 11) is 0. The van der Waals surface area contributed by atoms with Crippen molar-refractivity contribution >= 4 is 5.91 Å². The molecule has 0 aliphatic carbocycles. The molecule has 88 valence electrons. The number of carbonyl (C=O) groups excluding carboxylic acids is 1. The first-order valence-electron chi connectivity index (χ1n) is 5.64. The summed E-state index contributed by atoms with van der Waals surface area (Å²) < 4.78 is 0. The third-order valence-electron chi connectivity index (χ3n) is 2.47. The molecule has 16 heavy (non-hydrogen) atoms. The Kier molecular flexibility index (Phi) is 5.50. The van der Waals surface area contributed by atoms with E-state index in [0.717, 1.165) is 18.5 Å². The lowest BCUT2D eigenvalue weighted by atomic mass is 9.96. The number of carbonyl (C=O) groups is 1. The molecule has 1 rings (SSSR count). The van der Waals surface area contributed by atoms with Crippen LogP contribution in [0.5, 0.6) is 0 Å². The zero-order chi connectivity index (χ0) is 11.8. The number of hydrogen-bond donors (Lipinski definition) is 2. The molecule has 3 N–H and O–H groups in total. The average molecular weight is 221 g/mol. The molecule has 1 heterocycles. The summed E-state index contributed by atoms with van der Waals surface area (Å²) in [6.07, 6.45) is 4.85. The molecule has 0 saturated heterocycles. The van der Waals surface area contributed by atoms with Gasteiger partial charge in [0, 0.05) is 31.3 Å². The summed E-state index contributed by atoms with van der Waals surface area (Å²) in [5.74, 6) is 0.147. The molecule has 0 fully saturated rings. The van der Waals surface area contributed by atoms with Crippen LogP contribution in [0.15, 0.2) is 24.5 Å². The maximum absolute atomic E-state index is 11.6. The largest absolute Gasteiger partial charge is 0.356 e. The third-order valence-corrected chi connectivity index (χ3v) is 2.47. The molecular formula is C12H19N3O. The fourth-order valence-corrected chi connectivity index (χ4v) is 1.53. The number of aromatic nitrogens is 1. The molecule has 0 bridgehead atoms. The minimum absolute atomic E-state index is 0.0640. The number of nitrogens with two attached hydrogens (primary N) is 1. The predicted molar refractivity (Wildman–Crippen MR) is 64.0 cm³/mol. The van der Waals surface area contributed by atoms with Crippen LogP contribution in [-0.2, 0) is 4.79 Å². The Morgan fingerprint density at radius 3 is 2.75 bits per heavy atom. The fourth-order valence-electron chi connectivity index (χ4n) is 1.53. The van der Waals surface area contributed by atoms with Crippen molar-refractivity contribution in [2.75, 3.05) is 13.1 Å².